The number of alkyl halides is 2. The molecule has 0 aromatic heterocycles. The average molecular weight is 296 g/mol. The zero-order valence-corrected chi connectivity index (χ0v) is 11.9. The Bertz CT molecular complexity index is 555. The van der Waals surface area contributed by atoms with Gasteiger partial charge in [0.25, 0.3) is 6.43 Å². The Morgan fingerprint density at radius 1 is 1.05 bits per heavy atom. The third kappa shape index (κ3) is 3.78. The van der Waals surface area contributed by atoms with Crippen molar-refractivity contribution in [2.75, 3.05) is 0 Å². The Balaban J connectivity index is 1.96. The summed E-state index contributed by atoms with van der Waals surface area (Å²) in [6.07, 6.45) is -2.42. The zero-order valence-electron chi connectivity index (χ0n) is 11.1. The maximum atomic E-state index is 12.4. The van der Waals surface area contributed by atoms with Crippen molar-refractivity contribution in [3.63, 3.8) is 0 Å². The van der Waals surface area contributed by atoms with E-state index >= 15 is 0 Å². The molecule has 0 spiro atoms. The number of nitrogens with one attached hydrogen (secondary N) is 1. The zero-order chi connectivity index (χ0) is 14.5. The van der Waals surface area contributed by atoms with E-state index < -0.39 is 6.43 Å². The SMILES string of the molecule is CC(NCc1ccc(C(F)F)cc1)c1ccccc1Cl. The molecule has 1 nitrogen and oxygen atoms in total. The van der Waals surface area contributed by atoms with Crippen LogP contribution in [0.25, 0.3) is 0 Å². The van der Waals surface area contributed by atoms with Gasteiger partial charge in [-0.1, -0.05) is 54.1 Å². The van der Waals surface area contributed by atoms with Crippen molar-refractivity contribution in [3.05, 3.63) is 70.2 Å². The molecular weight excluding hydrogens is 280 g/mol. The predicted octanol–water partition coefficient (Wildman–Crippen LogP) is 5.13. The van der Waals surface area contributed by atoms with E-state index in [2.05, 4.69) is 5.32 Å². The summed E-state index contributed by atoms with van der Waals surface area (Å²) in [6, 6.07) is 14.1. The number of hydrogen-bond donors (Lipinski definition) is 1. The van der Waals surface area contributed by atoms with Crippen LogP contribution in [0.3, 0.4) is 0 Å². The van der Waals surface area contributed by atoms with Gasteiger partial charge in [-0.15, -0.1) is 0 Å². The quantitative estimate of drug-likeness (QED) is 0.806. The Morgan fingerprint density at radius 2 is 1.70 bits per heavy atom. The highest BCUT2D eigenvalue weighted by Crippen LogP contribution is 2.23. The second kappa shape index (κ2) is 6.82. The molecule has 0 aliphatic carbocycles. The smallest absolute Gasteiger partial charge is 0.263 e. The van der Waals surface area contributed by atoms with E-state index in [0.29, 0.717) is 6.54 Å². The van der Waals surface area contributed by atoms with Gasteiger partial charge >= 0.3 is 0 Å². The first-order valence-electron chi connectivity index (χ1n) is 6.42. The molecule has 0 bridgehead atoms. The van der Waals surface area contributed by atoms with Crippen LogP contribution in [0.1, 0.15) is 36.1 Å². The van der Waals surface area contributed by atoms with Gasteiger partial charge in [0, 0.05) is 23.2 Å². The summed E-state index contributed by atoms with van der Waals surface area (Å²) in [5, 5.41) is 4.06. The summed E-state index contributed by atoms with van der Waals surface area (Å²) < 4.78 is 24.9. The van der Waals surface area contributed by atoms with E-state index in [1.54, 1.807) is 12.1 Å². The van der Waals surface area contributed by atoms with Gasteiger partial charge in [0.15, 0.2) is 0 Å². The average Bonchev–Trinajstić information content (AvgIpc) is 2.45. The summed E-state index contributed by atoms with van der Waals surface area (Å²) >= 11 is 6.13. The molecule has 2 rings (SSSR count). The van der Waals surface area contributed by atoms with Gasteiger partial charge in [0.1, 0.15) is 0 Å². The maximum Gasteiger partial charge on any atom is 0.263 e. The Hall–Kier alpha value is -1.45. The standard InChI is InChI=1S/C16H16ClF2N/c1-11(14-4-2-3-5-15(14)17)20-10-12-6-8-13(9-7-12)16(18)19/h2-9,11,16,20H,10H2,1H3. The highest BCUT2D eigenvalue weighted by molar-refractivity contribution is 6.31. The van der Waals surface area contributed by atoms with Crippen molar-refractivity contribution < 1.29 is 8.78 Å². The molecule has 1 N–H and O–H groups in total. The first-order chi connectivity index (χ1) is 9.58. The number of rotatable bonds is 5. The van der Waals surface area contributed by atoms with Gasteiger partial charge in [0.2, 0.25) is 0 Å². The lowest BCUT2D eigenvalue weighted by Crippen LogP contribution is -2.18. The van der Waals surface area contributed by atoms with E-state index in [1.807, 2.05) is 31.2 Å². The second-order valence-corrected chi connectivity index (χ2v) is 5.07. The van der Waals surface area contributed by atoms with Gasteiger partial charge in [-0.3, -0.25) is 0 Å². The fraction of sp³-hybridized carbons (Fsp3) is 0.250. The molecule has 1 atom stereocenters. The third-order valence-electron chi connectivity index (χ3n) is 3.22. The van der Waals surface area contributed by atoms with Gasteiger partial charge in [0.05, 0.1) is 0 Å². The highest BCUT2D eigenvalue weighted by Gasteiger charge is 2.09. The van der Waals surface area contributed by atoms with Gasteiger partial charge < -0.3 is 5.32 Å². The summed E-state index contributed by atoms with van der Waals surface area (Å²) in [7, 11) is 0. The molecule has 1 unspecified atom stereocenters. The van der Waals surface area contributed by atoms with E-state index in [4.69, 9.17) is 11.6 Å². The fourth-order valence-corrected chi connectivity index (χ4v) is 2.29. The molecule has 2 aromatic carbocycles. The minimum Gasteiger partial charge on any atom is -0.306 e. The molecular formula is C16H16ClF2N. The van der Waals surface area contributed by atoms with Crippen LogP contribution in [0.15, 0.2) is 48.5 Å². The van der Waals surface area contributed by atoms with Crippen LogP contribution in [0.5, 0.6) is 0 Å². The number of halogens is 3. The lowest BCUT2D eigenvalue weighted by molar-refractivity contribution is 0.151. The van der Waals surface area contributed by atoms with Crippen LogP contribution in [0, 0.1) is 0 Å². The van der Waals surface area contributed by atoms with Crippen molar-refractivity contribution >= 4 is 11.6 Å². The number of benzene rings is 2. The van der Waals surface area contributed by atoms with E-state index in [9.17, 15) is 8.78 Å². The molecule has 0 aliphatic rings. The molecule has 2 aromatic rings. The molecule has 20 heavy (non-hydrogen) atoms. The molecule has 0 aliphatic heterocycles. The Morgan fingerprint density at radius 3 is 2.30 bits per heavy atom. The van der Waals surface area contributed by atoms with Gasteiger partial charge in [-0.2, -0.15) is 0 Å². The van der Waals surface area contributed by atoms with Crippen LogP contribution in [0.4, 0.5) is 8.78 Å². The topological polar surface area (TPSA) is 12.0 Å². The summed E-state index contributed by atoms with van der Waals surface area (Å²) in [6.45, 7) is 2.63. The highest BCUT2D eigenvalue weighted by atomic mass is 35.5. The minimum absolute atomic E-state index is 0.0490. The first kappa shape index (κ1) is 14.9. The van der Waals surface area contributed by atoms with Gasteiger partial charge in [-0.25, -0.2) is 8.78 Å². The minimum atomic E-state index is -2.42. The van der Waals surface area contributed by atoms with Crippen molar-refractivity contribution in [1.29, 1.82) is 0 Å². The predicted molar refractivity (Wildman–Crippen MR) is 78.1 cm³/mol. The van der Waals surface area contributed by atoms with E-state index in [1.165, 1.54) is 12.1 Å². The van der Waals surface area contributed by atoms with Crippen LogP contribution < -0.4 is 5.32 Å². The Kier molecular flexibility index (Phi) is 5.10. The van der Waals surface area contributed by atoms with Crippen molar-refractivity contribution in [2.45, 2.75) is 25.9 Å². The molecule has 0 saturated heterocycles. The molecule has 0 fully saturated rings. The van der Waals surface area contributed by atoms with Crippen LogP contribution in [-0.4, -0.2) is 0 Å². The fourth-order valence-electron chi connectivity index (χ4n) is 1.99. The third-order valence-corrected chi connectivity index (χ3v) is 3.56. The summed E-state index contributed by atoms with van der Waals surface area (Å²) in [4.78, 5) is 0. The van der Waals surface area contributed by atoms with E-state index in [-0.39, 0.29) is 11.6 Å². The maximum absolute atomic E-state index is 12.4. The first-order valence-corrected chi connectivity index (χ1v) is 6.80. The van der Waals surface area contributed by atoms with E-state index in [0.717, 1.165) is 16.1 Å². The normalized spacial score (nSPS) is 12.7. The molecule has 106 valence electrons. The van der Waals surface area contributed by atoms with Crippen LogP contribution in [-0.2, 0) is 6.54 Å². The molecule has 0 heterocycles. The summed E-state index contributed by atoms with van der Waals surface area (Å²) in [5.41, 5.74) is 2.04. The van der Waals surface area contributed by atoms with Crippen LogP contribution in [0.2, 0.25) is 5.02 Å². The lowest BCUT2D eigenvalue weighted by Gasteiger charge is -2.15. The van der Waals surface area contributed by atoms with Crippen LogP contribution >= 0.6 is 11.6 Å². The molecule has 0 saturated carbocycles. The van der Waals surface area contributed by atoms with Crippen molar-refractivity contribution in [3.8, 4) is 0 Å². The van der Waals surface area contributed by atoms with Crippen molar-refractivity contribution in [1.82, 2.24) is 5.32 Å². The monoisotopic (exact) mass is 295 g/mol. The Labute approximate surface area is 122 Å². The molecule has 4 heteroatoms. The molecule has 0 radical (unpaired) electrons. The largest absolute Gasteiger partial charge is 0.306 e. The second-order valence-electron chi connectivity index (χ2n) is 4.67. The summed E-state index contributed by atoms with van der Waals surface area (Å²) in [5.74, 6) is 0. The molecule has 0 amide bonds. The lowest BCUT2D eigenvalue weighted by atomic mass is 10.1. The van der Waals surface area contributed by atoms with Gasteiger partial charge in [-0.05, 0) is 24.1 Å². The number of hydrogen-bond acceptors (Lipinski definition) is 1. The van der Waals surface area contributed by atoms with Crippen molar-refractivity contribution in [2.24, 2.45) is 0 Å².